The summed E-state index contributed by atoms with van der Waals surface area (Å²) in [6.07, 6.45) is 7.03. The Morgan fingerprint density at radius 1 is 1.24 bits per heavy atom. The summed E-state index contributed by atoms with van der Waals surface area (Å²) in [7, 11) is 1.72. The summed E-state index contributed by atoms with van der Waals surface area (Å²) in [5.41, 5.74) is 2.50. The van der Waals surface area contributed by atoms with Crippen LogP contribution in [0, 0.1) is 5.82 Å². The van der Waals surface area contributed by atoms with Crippen molar-refractivity contribution in [2.24, 2.45) is 0 Å². The molecular weight excluding hydrogens is 433 g/mol. The Kier molecular flexibility index (Phi) is 8.04. The predicted molar refractivity (Wildman–Crippen MR) is 132 cm³/mol. The van der Waals surface area contributed by atoms with Crippen LogP contribution < -0.4 is 15.1 Å². The number of carbonyl (C=O) groups excluding carboxylic acids is 1. The highest BCUT2D eigenvalue weighted by Crippen LogP contribution is 2.31. The van der Waals surface area contributed by atoms with E-state index in [1.54, 1.807) is 30.5 Å². The molecule has 0 spiro atoms. The SMILES string of the molecule is COC[C@@H]1CCCN1c1ccc(N(C=O)Cc2cccnc2)c(NCCc2cccc(F)c2)n1. The van der Waals surface area contributed by atoms with E-state index in [0.717, 1.165) is 42.7 Å². The van der Waals surface area contributed by atoms with Crippen LogP contribution in [0.1, 0.15) is 24.0 Å². The highest BCUT2D eigenvalue weighted by atomic mass is 19.1. The second kappa shape index (κ2) is 11.6. The Hall–Kier alpha value is -3.52. The number of rotatable bonds is 11. The molecule has 1 atom stereocenters. The first-order valence-corrected chi connectivity index (χ1v) is 11.5. The van der Waals surface area contributed by atoms with Gasteiger partial charge < -0.3 is 19.9 Å². The highest BCUT2D eigenvalue weighted by molar-refractivity contribution is 5.82. The van der Waals surface area contributed by atoms with Crippen molar-refractivity contribution < 1.29 is 13.9 Å². The van der Waals surface area contributed by atoms with Crippen LogP contribution in [0.25, 0.3) is 0 Å². The van der Waals surface area contributed by atoms with E-state index in [0.29, 0.717) is 37.6 Å². The fourth-order valence-corrected chi connectivity index (χ4v) is 4.35. The Bertz CT molecular complexity index is 1080. The summed E-state index contributed by atoms with van der Waals surface area (Å²) in [5.74, 6) is 1.22. The van der Waals surface area contributed by atoms with Crippen molar-refractivity contribution in [3.8, 4) is 0 Å². The molecule has 1 saturated heterocycles. The Labute approximate surface area is 199 Å². The zero-order valence-electron chi connectivity index (χ0n) is 19.4. The van der Waals surface area contributed by atoms with Gasteiger partial charge in [-0.05, 0) is 60.7 Å². The van der Waals surface area contributed by atoms with E-state index in [4.69, 9.17) is 9.72 Å². The molecule has 1 aliphatic heterocycles. The minimum atomic E-state index is -0.250. The van der Waals surface area contributed by atoms with Gasteiger partial charge in [0.1, 0.15) is 11.6 Å². The molecule has 0 unspecified atom stereocenters. The Morgan fingerprint density at radius 3 is 2.88 bits per heavy atom. The third-order valence-corrected chi connectivity index (χ3v) is 6.00. The van der Waals surface area contributed by atoms with E-state index in [1.807, 2.05) is 30.3 Å². The summed E-state index contributed by atoms with van der Waals surface area (Å²) in [5, 5.41) is 3.38. The molecule has 178 valence electrons. The Morgan fingerprint density at radius 2 is 2.12 bits per heavy atom. The van der Waals surface area contributed by atoms with Crippen LogP contribution in [-0.4, -0.2) is 49.2 Å². The summed E-state index contributed by atoms with van der Waals surface area (Å²) >= 11 is 0. The quantitative estimate of drug-likeness (QED) is 0.433. The van der Waals surface area contributed by atoms with Gasteiger partial charge >= 0.3 is 0 Å². The lowest BCUT2D eigenvalue weighted by molar-refractivity contribution is -0.107. The molecule has 34 heavy (non-hydrogen) atoms. The number of methoxy groups -OCH3 is 1. The van der Waals surface area contributed by atoms with Crippen LogP contribution in [0.4, 0.5) is 21.7 Å². The zero-order valence-corrected chi connectivity index (χ0v) is 19.4. The van der Waals surface area contributed by atoms with Gasteiger partial charge in [-0.2, -0.15) is 0 Å². The van der Waals surface area contributed by atoms with Crippen molar-refractivity contribution in [3.05, 3.63) is 77.9 Å². The van der Waals surface area contributed by atoms with E-state index >= 15 is 0 Å². The van der Waals surface area contributed by atoms with E-state index in [9.17, 15) is 9.18 Å². The van der Waals surface area contributed by atoms with Crippen molar-refractivity contribution in [1.29, 1.82) is 0 Å². The molecule has 1 N–H and O–H groups in total. The highest BCUT2D eigenvalue weighted by Gasteiger charge is 2.26. The smallest absolute Gasteiger partial charge is 0.214 e. The molecule has 3 heterocycles. The maximum atomic E-state index is 13.6. The van der Waals surface area contributed by atoms with Gasteiger partial charge in [0.15, 0.2) is 5.82 Å². The number of ether oxygens (including phenoxy) is 1. The van der Waals surface area contributed by atoms with E-state index in [1.165, 1.54) is 12.1 Å². The van der Waals surface area contributed by atoms with Gasteiger partial charge in [0.05, 0.1) is 24.9 Å². The van der Waals surface area contributed by atoms with Crippen LogP contribution in [0.2, 0.25) is 0 Å². The molecule has 0 bridgehead atoms. The van der Waals surface area contributed by atoms with Crippen molar-refractivity contribution in [2.75, 3.05) is 41.9 Å². The molecule has 1 aromatic carbocycles. The van der Waals surface area contributed by atoms with Crippen LogP contribution in [0.15, 0.2) is 60.9 Å². The van der Waals surface area contributed by atoms with Gasteiger partial charge in [0.25, 0.3) is 0 Å². The summed E-state index contributed by atoms with van der Waals surface area (Å²) in [6.45, 7) is 2.49. The number of aromatic nitrogens is 2. The third kappa shape index (κ3) is 5.88. The average molecular weight is 464 g/mol. The topological polar surface area (TPSA) is 70.6 Å². The standard InChI is InChI=1S/C26H30FN5O2/c1-34-18-23-8-4-14-32(23)25-10-9-24(31(19-33)17-21-6-3-12-28-16-21)26(30-25)29-13-11-20-5-2-7-22(27)15-20/h2-3,5-7,9-10,12,15-16,19,23H,4,8,11,13-14,17-18H2,1H3,(H,29,30)/t23-/m0/s1. The van der Waals surface area contributed by atoms with Crippen molar-refractivity contribution in [2.45, 2.75) is 31.8 Å². The molecule has 4 rings (SSSR count). The number of pyridine rings is 2. The number of hydrogen-bond donors (Lipinski definition) is 1. The van der Waals surface area contributed by atoms with Crippen LogP contribution in [-0.2, 0) is 22.5 Å². The van der Waals surface area contributed by atoms with Gasteiger partial charge in [-0.3, -0.25) is 9.78 Å². The fraction of sp³-hybridized carbons (Fsp3) is 0.346. The molecule has 1 aliphatic rings. The molecule has 2 aromatic heterocycles. The first-order valence-electron chi connectivity index (χ1n) is 11.5. The molecule has 3 aromatic rings. The minimum Gasteiger partial charge on any atom is -0.383 e. The maximum absolute atomic E-state index is 13.6. The lowest BCUT2D eigenvalue weighted by Gasteiger charge is -2.27. The van der Waals surface area contributed by atoms with Crippen LogP contribution in [0.3, 0.4) is 0 Å². The normalized spacial score (nSPS) is 15.4. The molecule has 8 heteroatoms. The van der Waals surface area contributed by atoms with E-state index < -0.39 is 0 Å². The number of nitrogens with zero attached hydrogens (tertiary/aromatic N) is 4. The lowest BCUT2D eigenvalue weighted by atomic mass is 10.1. The molecule has 1 amide bonds. The molecule has 0 aliphatic carbocycles. The number of amides is 1. The molecule has 1 fully saturated rings. The fourth-order valence-electron chi connectivity index (χ4n) is 4.35. The van der Waals surface area contributed by atoms with Crippen LogP contribution >= 0.6 is 0 Å². The third-order valence-electron chi connectivity index (χ3n) is 6.00. The van der Waals surface area contributed by atoms with Gasteiger partial charge in [-0.15, -0.1) is 0 Å². The summed E-state index contributed by atoms with van der Waals surface area (Å²) in [4.78, 5) is 25.0. The monoisotopic (exact) mass is 463 g/mol. The number of halogens is 1. The molecule has 7 nitrogen and oxygen atoms in total. The van der Waals surface area contributed by atoms with Crippen LogP contribution in [0.5, 0.6) is 0 Å². The van der Waals surface area contributed by atoms with Crippen molar-refractivity contribution >= 4 is 23.7 Å². The number of nitrogens with one attached hydrogen (secondary N) is 1. The molecule has 0 radical (unpaired) electrons. The summed E-state index contributed by atoms with van der Waals surface area (Å²) < 4.78 is 19.0. The average Bonchev–Trinajstić information content (AvgIpc) is 3.32. The van der Waals surface area contributed by atoms with Crippen molar-refractivity contribution in [1.82, 2.24) is 9.97 Å². The first kappa shape index (κ1) is 23.6. The second-order valence-electron chi connectivity index (χ2n) is 8.38. The molecular formula is C26H30FN5O2. The van der Waals surface area contributed by atoms with Gasteiger partial charge in [-0.1, -0.05) is 18.2 Å². The Balaban J connectivity index is 1.58. The van der Waals surface area contributed by atoms with Gasteiger partial charge in [0, 0.05) is 32.6 Å². The predicted octanol–water partition coefficient (Wildman–Crippen LogP) is 4.05. The summed E-state index contributed by atoms with van der Waals surface area (Å²) in [6, 6.07) is 14.5. The van der Waals surface area contributed by atoms with Crippen molar-refractivity contribution in [3.63, 3.8) is 0 Å². The number of anilines is 3. The number of hydrogen-bond acceptors (Lipinski definition) is 6. The second-order valence-corrected chi connectivity index (χ2v) is 8.38. The minimum absolute atomic E-state index is 0.250. The first-order chi connectivity index (χ1) is 16.7. The number of carbonyl (C=O) groups is 1. The van der Waals surface area contributed by atoms with Gasteiger partial charge in [-0.25, -0.2) is 9.37 Å². The largest absolute Gasteiger partial charge is 0.383 e. The lowest BCUT2D eigenvalue weighted by Crippen LogP contribution is -2.33. The van der Waals surface area contributed by atoms with E-state index in [-0.39, 0.29) is 11.9 Å². The molecule has 0 saturated carbocycles. The van der Waals surface area contributed by atoms with E-state index in [2.05, 4.69) is 15.2 Å². The zero-order chi connectivity index (χ0) is 23.8. The van der Waals surface area contributed by atoms with Gasteiger partial charge in [0.2, 0.25) is 6.41 Å². The maximum Gasteiger partial charge on any atom is 0.214 e. The number of benzene rings is 1.